The van der Waals surface area contributed by atoms with E-state index in [1.54, 1.807) is 0 Å². The van der Waals surface area contributed by atoms with E-state index in [0.717, 1.165) is 6.42 Å². The fourth-order valence-corrected chi connectivity index (χ4v) is 3.23. The average Bonchev–Trinajstić information content (AvgIpc) is 2.54. The average molecular weight is 212 g/mol. The van der Waals surface area contributed by atoms with Gasteiger partial charge in [-0.1, -0.05) is 36.4 Å². The molecular formula is C14H12S. The van der Waals surface area contributed by atoms with E-state index in [2.05, 4.69) is 49.4 Å². The van der Waals surface area contributed by atoms with E-state index >= 15 is 0 Å². The molecule has 0 saturated carbocycles. The number of benzene rings is 1. The normalized spacial score (nSPS) is 14.9. The van der Waals surface area contributed by atoms with Gasteiger partial charge in [-0.05, 0) is 25.0 Å². The molecule has 2 aromatic rings. The molecule has 74 valence electrons. The Labute approximate surface area is 93.6 Å². The molecule has 0 N–H and O–H groups in total. The first-order valence-electron chi connectivity index (χ1n) is 5.21. The van der Waals surface area contributed by atoms with E-state index in [0.29, 0.717) is 0 Å². The number of thiophene rings is 1. The van der Waals surface area contributed by atoms with Gasteiger partial charge in [0.25, 0.3) is 0 Å². The lowest BCUT2D eigenvalue weighted by Gasteiger charge is -1.96. The Bertz CT molecular complexity index is 570. The van der Waals surface area contributed by atoms with Crippen LogP contribution in [0.2, 0.25) is 0 Å². The van der Waals surface area contributed by atoms with Crippen LogP contribution in [0.25, 0.3) is 21.7 Å². The van der Waals surface area contributed by atoms with Crippen LogP contribution in [0.15, 0.2) is 36.4 Å². The summed E-state index contributed by atoms with van der Waals surface area (Å²) in [5, 5.41) is 1.39. The van der Waals surface area contributed by atoms with Crippen LogP contribution in [0, 0.1) is 0 Å². The highest BCUT2D eigenvalue weighted by Crippen LogP contribution is 2.37. The maximum Gasteiger partial charge on any atom is 0.0381 e. The van der Waals surface area contributed by atoms with Crippen molar-refractivity contribution in [3.05, 3.63) is 46.9 Å². The van der Waals surface area contributed by atoms with E-state index < -0.39 is 0 Å². The Morgan fingerprint density at radius 2 is 2.07 bits per heavy atom. The van der Waals surface area contributed by atoms with E-state index in [1.807, 2.05) is 11.3 Å². The van der Waals surface area contributed by atoms with Gasteiger partial charge in [-0.3, -0.25) is 0 Å². The number of hydrogen-bond donors (Lipinski definition) is 0. The maximum absolute atomic E-state index is 2.30. The second kappa shape index (κ2) is 3.35. The molecule has 3 rings (SSSR count). The largest absolute Gasteiger partial charge is 0.135 e. The van der Waals surface area contributed by atoms with Crippen molar-refractivity contribution in [1.82, 2.24) is 0 Å². The summed E-state index contributed by atoms with van der Waals surface area (Å²) in [5.41, 5.74) is 2.82. The van der Waals surface area contributed by atoms with Crippen LogP contribution < -0.4 is 0 Å². The molecule has 1 heterocycles. The standard InChI is InChI=1S/C14H12S/c1-10-6-2-3-8-12-11-7-4-5-9-13(11)15-14(10)12/h3-9H,2H2,1H3. The molecule has 1 aromatic carbocycles. The quantitative estimate of drug-likeness (QED) is 0.592. The van der Waals surface area contributed by atoms with Crippen molar-refractivity contribution >= 4 is 33.1 Å². The molecule has 0 amide bonds. The molecule has 1 aliphatic carbocycles. The van der Waals surface area contributed by atoms with Gasteiger partial charge in [0.15, 0.2) is 0 Å². The second-order valence-electron chi connectivity index (χ2n) is 3.87. The topological polar surface area (TPSA) is 0 Å². The third kappa shape index (κ3) is 1.35. The fourth-order valence-electron chi connectivity index (χ4n) is 2.05. The summed E-state index contributed by atoms with van der Waals surface area (Å²) in [6.07, 6.45) is 7.87. The van der Waals surface area contributed by atoms with Crippen molar-refractivity contribution in [2.75, 3.05) is 0 Å². The van der Waals surface area contributed by atoms with E-state index in [4.69, 9.17) is 0 Å². The molecule has 0 unspecified atom stereocenters. The van der Waals surface area contributed by atoms with Gasteiger partial charge in [0, 0.05) is 20.5 Å². The lowest BCUT2D eigenvalue weighted by Crippen LogP contribution is -1.75. The van der Waals surface area contributed by atoms with Crippen LogP contribution in [0.3, 0.4) is 0 Å². The first-order chi connectivity index (χ1) is 7.36. The molecule has 0 radical (unpaired) electrons. The number of rotatable bonds is 0. The highest BCUT2D eigenvalue weighted by molar-refractivity contribution is 7.20. The molecule has 0 spiro atoms. The fraction of sp³-hybridized carbons (Fsp3) is 0.143. The SMILES string of the molecule is CC1=CCC=Cc2c1sc1ccccc21. The Hall–Kier alpha value is -1.34. The molecule has 1 aliphatic rings. The smallest absolute Gasteiger partial charge is 0.0381 e. The van der Waals surface area contributed by atoms with Crippen molar-refractivity contribution in [3.63, 3.8) is 0 Å². The van der Waals surface area contributed by atoms with Crippen molar-refractivity contribution in [1.29, 1.82) is 0 Å². The maximum atomic E-state index is 2.30. The van der Waals surface area contributed by atoms with Gasteiger partial charge in [0.1, 0.15) is 0 Å². The molecule has 0 fully saturated rings. The van der Waals surface area contributed by atoms with Crippen LogP contribution in [0.4, 0.5) is 0 Å². The Morgan fingerprint density at radius 3 is 3.00 bits per heavy atom. The zero-order valence-electron chi connectivity index (χ0n) is 8.66. The molecular weight excluding hydrogens is 200 g/mol. The van der Waals surface area contributed by atoms with Gasteiger partial charge < -0.3 is 0 Å². The zero-order valence-corrected chi connectivity index (χ0v) is 9.47. The molecule has 15 heavy (non-hydrogen) atoms. The Balaban J connectivity index is 2.41. The first kappa shape index (κ1) is 8.93. The van der Waals surface area contributed by atoms with Gasteiger partial charge >= 0.3 is 0 Å². The minimum Gasteiger partial charge on any atom is -0.135 e. The van der Waals surface area contributed by atoms with Gasteiger partial charge in [-0.15, -0.1) is 11.3 Å². The van der Waals surface area contributed by atoms with Crippen LogP contribution in [0.1, 0.15) is 23.8 Å². The van der Waals surface area contributed by atoms with Crippen molar-refractivity contribution in [3.8, 4) is 0 Å². The minimum atomic E-state index is 1.06. The summed E-state index contributed by atoms with van der Waals surface area (Å²) in [6, 6.07) is 8.65. The molecule has 0 saturated heterocycles. The van der Waals surface area contributed by atoms with Crippen LogP contribution >= 0.6 is 11.3 Å². The van der Waals surface area contributed by atoms with Crippen molar-refractivity contribution < 1.29 is 0 Å². The number of allylic oxidation sites excluding steroid dienone is 3. The first-order valence-corrected chi connectivity index (χ1v) is 6.03. The summed E-state index contributed by atoms with van der Waals surface area (Å²) < 4.78 is 1.39. The predicted molar refractivity (Wildman–Crippen MR) is 69.1 cm³/mol. The monoisotopic (exact) mass is 212 g/mol. The molecule has 1 heteroatoms. The predicted octanol–water partition coefficient (Wildman–Crippen LogP) is 4.72. The third-order valence-corrected chi connectivity index (χ3v) is 4.16. The van der Waals surface area contributed by atoms with Gasteiger partial charge in [-0.2, -0.15) is 0 Å². The summed E-state index contributed by atoms with van der Waals surface area (Å²) in [6.45, 7) is 2.21. The summed E-state index contributed by atoms with van der Waals surface area (Å²) in [7, 11) is 0. The second-order valence-corrected chi connectivity index (χ2v) is 4.92. The molecule has 0 atom stereocenters. The lowest BCUT2D eigenvalue weighted by atomic mass is 10.1. The molecule has 0 nitrogen and oxygen atoms in total. The summed E-state index contributed by atoms with van der Waals surface area (Å²) in [4.78, 5) is 1.44. The van der Waals surface area contributed by atoms with Gasteiger partial charge in [0.05, 0.1) is 0 Å². The Morgan fingerprint density at radius 1 is 1.20 bits per heavy atom. The van der Waals surface area contributed by atoms with E-state index in [-0.39, 0.29) is 0 Å². The van der Waals surface area contributed by atoms with Gasteiger partial charge in [0.2, 0.25) is 0 Å². The minimum absolute atomic E-state index is 1.06. The number of hydrogen-bond acceptors (Lipinski definition) is 1. The third-order valence-electron chi connectivity index (χ3n) is 2.84. The molecule has 0 bridgehead atoms. The number of fused-ring (bicyclic) bond motifs is 3. The lowest BCUT2D eigenvalue weighted by molar-refractivity contribution is 1.41. The van der Waals surface area contributed by atoms with E-state index in [9.17, 15) is 0 Å². The summed E-state index contributed by atoms with van der Waals surface area (Å²) in [5.74, 6) is 0. The van der Waals surface area contributed by atoms with Crippen LogP contribution in [-0.4, -0.2) is 0 Å². The van der Waals surface area contributed by atoms with Crippen molar-refractivity contribution in [2.45, 2.75) is 13.3 Å². The van der Waals surface area contributed by atoms with E-state index in [1.165, 1.54) is 26.1 Å². The zero-order chi connectivity index (χ0) is 10.3. The highest BCUT2D eigenvalue weighted by Gasteiger charge is 2.11. The summed E-state index contributed by atoms with van der Waals surface area (Å²) >= 11 is 1.90. The van der Waals surface area contributed by atoms with Crippen LogP contribution in [0.5, 0.6) is 0 Å². The van der Waals surface area contributed by atoms with Crippen LogP contribution in [-0.2, 0) is 0 Å². The highest BCUT2D eigenvalue weighted by atomic mass is 32.1. The molecule has 1 aromatic heterocycles. The molecule has 0 aliphatic heterocycles. The Kier molecular flexibility index (Phi) is 2.00. The van der Waals surface area contributed by atoms with Gasteiger partial charge in [-0.25, -0.2) is 0 Å². The van der Waals surface area contributed by atoms with Crippen molar-refractivity contribution in [2.24, 2.45) is 0 Å².